The lowest BCUT2D eigenvalue weighted by molar-refractivity contribution is -0.120. The Morgan fingerprint density at radius 3 is 2.58 bits per heavy atom. The zero-order valence-corrected chi connectivity index (χ0v) is 23.3. The Morgan fingerprint density at radius 1 is 1.21 bits per heavy atom. The minimum absolute atomic E-state index is 0.00507. The summed E-state index contributed by atoms with van der Waals surface area (Å²) in [5.41, 5.74) is 2.29. The Morgan fingerprint density at radius 2 is 1.92 bits per heavy atom. The van der Waals surface area contributed by atoms with Crippen LogP contribution in [0.3, 0.4) is 0 Å². The van der Waals surface area contributed by atoms with Crippen LogP contribution in [0.25, 0.3) is 10.9 Å². The molecule has 0 bridgehead atoms. The molecule has 2 atom stereocenters. The standard InChI is InChI=1S/C29H36F2N4O2S/c1-16-12-25(38-4)23(28(36)33-16)13-32-29(37)26-18(3)35(27-22(26)6-5-7-24(27)31)17(2)19-8-10-21(11-9-19)34-14-20(30)15-34/h5-7,12,17,19-21,23H,8-11,13-15H2,1-4H3,(H,32,37)/t17-,19?,21?,23?/m1/s1. The lowest BCUT2D eigenvalue weighted by atomic mass is 9.80. The monoisotopic (exact) mass is 542 g/mol. The van der Waals surface area contributed by atoms with E-state index in [0.29, 0.717) is 47.2 Å². The molecule has 204 valence electrons. The fourth-order valence-corrected chi connectivity index (χ4v) is 7.30. The average Bonchev–Trinajstić information content (AvgIpc) is 3.18. The summed E-state index contributed by atoms with van der Waals surface area (Å²) >= 11 is 1.48. The molecule has 5 rings (SSSR count). The topological polar surface area (TPSA) is 66.7 Å². The van der Waals surface area contributed by atoms with Gasteiger partial charge in [-0.3, -0.25) is 14.5 Å². The van der Waals surface area contributed by atoms with Crippen LogP contribution in [0.5, 0.6) is 0 Å². The van der Waals surface area contributed by atoms with Gasteiger partial charge < -0.3 is 9.88 Å². The third kappa shape index (κ3) is 4.95. The van der Waals surface area contributed by atoms with E-state index in [1.165, 1.54) is 17.8 Å². The number of hydrogen-bond donors (Lipinski definition) is 1. The molecular weight excluding hydrogens is 506 g/mol. The third-order valence-corrected chi connectivity index (χ3v) is 9.52. The summed E-state index contributed by atoms with van der Waals surface area (Å²) in [6, 6.07) is 5.31. The number of allylic oxidation sites excluding steroid dienone is 1. The van der Waals surface area contributed by atoms with Gasteiger partial charge in [-0.15, -0.1) is 11.8 Å². The minimum Gasteiger partial charge on any atom is -0.351 e. The molecule has 9 heteroatoms. The highest BCUT2D eigenvalue weighted by atomic mass is 32.2. The highest BCUT2D eigenvalue weighted by Crippen LogP contribution is 2.40. The quantitative estimate of drug-likeness (QED) is 0.505. The van der Waals surface area contributed by atoms with Gasteiger partial charge in [0.25, 0.3) is 11.8 Å². The number of carbonyl (C=O) groups excluding carboxylic acids is 2. The lowest BCUT2D eigenvalue weighted by Gasteiger charge is -2.44. The van der Waals surface area contributed by atoms with E-state index in [1.54, 1.807) is 19.1 Å². The fourth-order valence-electron chi connectivity index (χ4n) is 6.54. The number of nitrogens with zero attached hydrogens (tertiary/aromatic N) is 3. The molecular formula is C29H36F2N4O2S. The maximum absolute atomic E-state index is 15.3. The number of dihydropyridines is 1. The second-order valence-electron chi connectivity index (χ2n) is 10.9. The molecule has 1 aromatic carbocycles. The van der Waals surface area contributed by atoms with Crippen molar-refractivity contribution in [3.8, 4) is 0 Å². The predicted molar refractivity (Wildman–Crippen MR) is 149 cm³/mol. The van der Waals surface area contributed by atoms with E-state index < -0.39 is 12.1 Å². The van der Waals surface area contributed by atoms with Crippen LogP contribution in [0.4, 0.5) is 8.78 Å². The second kappa shape index (κ2) is 10.9. The molecule has 1 aliphatic carbocycles. The van der Waals surface area contributed by atoms with Gasteiger partial charge in [0.1, 0.15) is 12.0 Å². The number of thioether (sulfide) groups is 1. The SMILES string of the molecule is CSC1=CC(C)=NC(=O)C1CNC(=O)c1c(C)n([C@H](C)C2CCC(N3CC(F)C3)CC2)c2c(F)cccc12. The van der Waals surface area contributed by atoms with Crippen molar-refractivity contribution in [2.75, 3.05) is 25.9 Å². The normalized spacial score (nSPS) is 25.6. The Bertz CT molecular complexity index is 1310. The van der Waals surface area contributed by atoms with E-state index >= 15 is 4.39 Å². The number of amides is 2. The number of halogens is 2. The Balaban J connectivity index is 1.37. The Hall–Kier alpha value is -2.52. The zero-order chi connectivity index (χ0) is 27.1. The van der Waals surface area contributed by atoms with Gasteiger partial charge in [0.05, 0.1) is 17.0 Å². The van der Waals surface area contributed by atoms with Crippen LogP contribution in [-0.4, -0.2) is 65.1 Å². The molecule has 6 nitrogen and oxygen atoms in total. The van der Waals surface area contributed by atoms with Crippen molar-refractivity contribution in [2.45, 2.75) is 64.7 Å². The number of fused-ring (bicyclic) bond motifs is 1. The van der Waals surface area contributed by atoms with Gasteiger partial charge in [-0.2, -0.15) is 0 Å². The molecule has 1 saturated carbocycles. The molecule has 38 heavy (non-hydrogen) atoms. The number of nitrogens with one attached hydrogen (secondary N) is 1. The lowest BCUT2D eigenvalue weighted by Crippen LogP contribution is -2.54. The number of likely N-dealkylation sites (tertiary alicyclic amines) is 1. The van der Waals surface area contributed by atoms with Crippen LogP contribution in [-0.2, 0) is 4.79 Å². The van der Waals surface area contributed by atoms with Gasteiger partial charge in [0.2, 0.25) is 0 Å². The summed E-state index contributed by atoms with van der Waals surface area (Å²) < 4.78 is 30.6. The maximum Gasteiger partial charge on any atom is 0.255 e. The van der Waals surface area contributed by atoms with Crippen LogP contribution in [0, 0.1) is 24.6 Å². The average molecular weight is 543 g/mol. The molecule has 1 saturated heterocycles. The van der Waals surface area contributed by atoms with Crippen LogP contribution >= 0.6 is 11.8 Å². The van der Waals surface area contributed by atoms with Crippen molar-refractivity contribution in [1.82, 2.24) is 14.8 Å². The molecule has 3 heterocycles. The first-order valence-electron chi connectivity index (χ1n) is 13.5. The fraction of sp³-hybridized carbons (Fsp3) is 0.552. The highest BCUT2D eigenvalue weighted by molar-refractivity contribution is 8.02. The molecule has 2 amide bonds. The van der Waals surface area contributed by atoms with Crippen molar-refractivity contribution in [3.63, 3.8) is 0 Å². The van der Waals surface area contributed by atoms with E-state index in [0.717, 1.165) is 36.3 Å². The summed E-state index contributed by atoms with van der Waals surface area (Å²) in [5, 5.41) is 3.52. The maximum atomic E-state index is 15.3. The van der Waals surface area contributed by atoms with Gasteiger partial charge in [-0.1, -0.05) is 12.1 Å². The molecule has 2 aromatic rings. The summed E-state index contributed by atoms with van der Waals surface area (Å²) in [7, 11) is 0. The number of para-hydroxylation sites is 1. The number of aromatic nitrogens is 1. The second-order valence-corrected chi connectivity index (χ2v) is 11.8. The molecule has 1 aromatic heterocycles. The van der Waals surface area contributed by atoms with Gasteiger partial charge in [0, 0.05) is 53.4 Å². The molecule has 1 unspecified atom stereocenters. The summed E-state index contributed by atoms with van der Waals surface area (Å²) in [5.74, 6) is -1.10. The van der Waals surface area contributed by atoms with E-state index in [-0.39, 0.29) is 30.2 Å². The van der Waals surface area contributed by atoms with Crippen LogP contribution in [0.2, 0.25) is 0 Å². The molecule has 0 radical (unpaired) electrons. The van der Waals surface area contributed by atoms with Gasteiger partial charge in [-0.25, -0.2) is 13.8 Å². The largest absolute Gasteiger partial charge is 0.351 e. The molecule has 2 fully saturated rings. The number of rotatable bonds is 7. The number of hydrogen-bond acceptors (Lipinski definition) is 4. The van der Waals surface area contributed by atoms with Gasteiger partial charge in [0.15, 0.2) is 0 Å². The minimum atomic E-state index is -0.690. The van der Waals surface area contributed by atoms with E-state index in [2.05, 4.69) is 22.1 Å². The number of alkyl halides is 1. The van der Waals surface area contributed by atoms with Crippen molar-refractivity contribution < 1.29 is 18.4 Å². The third-order valence-electron chi connectivity index (χ3n) is 8.64. The van der Waals surface area contributed by atoms with Crippen molar-refractivity contribution in [3.05, 3.63) is 46.3 Å². The van der Waals surface area contributed by atoms with Gasteiger partial charge in [-0.05, 0) is 70.8 Å². The number of carbonyl (C=O) groups is 2. The predicted octanol–water partition coefficient (Wildman–Crippen LogP) is 5.46. The zero-order valence-electron chi connectivity index (χ0n) is 22.5. The van der Waals surface area contributed by atoms with E-state index in [1.807, 2.05) is 23.8 Å². The molecule has 2 aliphatic heterocycles. The van der Waals surface area contributed by atoms with Crippen molar-refractivity contribution in [1.29, 1.82) is 0 Å². The molecule has 1 N–H and O–H groups in total. The van der Waals surface area contributed by atoms with Crippen molar-refractivity contribution >= 4 is 40.2 Å². The molecule has 0 spiro atoms. The first-order chi connectivity index (χ1) is 18.2. The number of benzene rings is 1. The summed E-state index contributed by atoms with van der Waals surface area (Å²) in [6.07, 6.45) is 7.10. The van der Waals surface area contributed by atoms with E-state index in [9.17, 15) is 14.0 Å². The first-order valence-corrected chi connectivity index (χ1v) is 14.7. The number of aliphatic imine (C=N–C) groups is 1. The van der Waals surface area contributed by atoms with Gasteiger partial charge >= 0.3 is 0 Å². The summed E-state index contributed by atoms with van der Waals surface area (Å²) in [4.78, 5) is 33.3. The van der Waals surface area contributed by atoms with Crippen LogP contribution < -0.4 is 5.32 Å². The highest BCUT2D eigenvalue weighted by Gasteiger charge is 2.37. The van der Waals surface area contributed by atoms with Crippen LogP contribution in [0.15, 0.2) is 34.2 Å². The first kappa shape index (κ1) is 27.1. The summed E-state index contributed by atoms with van der Waals surface area (Å²) in [6.45, 7) is 7.01. The molecule has 3 aliphatic rings. The van der Waals surface area contributed by atoms with Crippen LogP contribution in [0.1, 0.15) is 61.6 Å². The Kier molecular flexibility index (Phi) is 7.78. The smallest absolute Gasteiger partial charge is 0.255 e. The van der Waals surface area contributed by atoms with Crippen molar-refractivity contribution in [2.24, 2.45) is 16.8 Å². The van der Waals surface area contributed by atoms with E-state index in [4.69, 9.17) is 0 Å². The Labute approximate surface area is 226 Å².